The standard InChI is InChI=1S/C43H45ClF3N5O7/c1-26-14-15-48-20-34(26)39-13-10-31(58-39)19-28(41(55)50-40-33-4-2-3-5-38(33)57-24-36(40)54)18-30(53)21-52-17-16-51(23-35(52)42(56)49-25-43(45,46)47)22-32-11-12-37(59-32)27-6-8-29(44)9-7-27/h2-15,20,28,30,35-36,40,53-54H,16-19,21-25H2,1H3,(H,49,56)(H,50,55)/t28-,30+,35+,36-,40+/m1/s1. The molecule has 2 aliphatic rings. The molecule has 5 heterocycles. The molecule has 12 nitrogen and oxygen atoms in total. The molecule has 0 aliphatic carbocycles. The van der Waals surface area contributed by atoms with Crippen LogP contribution in [0.4, 0.5) is 13.2 Å². The van der Waals surface area contributed by atoms with Gasteiger partial charge in [-0.1, -0.05) is 29.8 Å². The van der Waals surface area contributed by atoms with Crippen LogP contribution in [0.15, 0.2) is 100 Å². The monoisotopic (exact) mass is 835 g/mol. The highest BCUT2D eigenvalue weighted by molar-refractivity contribution is 6.30. The third kappa shape index (κ3) is 10.7. The first-order chi connectivity index (χ1) is 28.3. The third-order valence-corrected chi connectivity index (χ3v) is 10.9. The second-order valence-corrected chi connectivity index (χ2v) is 15.4. The van der Waals surface area contributed by atoms with Crippen molar-refractivity contribution in [1.82, 2.24) is 25.4 Å². The number of aliphatic hydroxyl groups is 2. The first kappa shape index (κ1) is 42.0. The minimum atomic E-state index is -4.62. The normalized spacial score (nSPS) is 19.7. The van der Waals surface area contributed by atoms with Crippen LogP contribution in [-0.2, 0) is 22.6 Å². The van der Waals surface area contributed by atoms with Gasteiger partial charge >= 0.3 is 6.18 Å². The van der Waals surface area contributed by atoms with Crippen molar-refractivity contribution in [3.05, 3.63) is 119 Å². The summed E-state index contributed by atoms with van der Waals surface area (Å²) in [5, 5.41) is 28.1. The zero-order chi connectivity index (χ0) is 41.7. The maximum Gasteiger partial charge on any atom is 0.405 e. The van der Waals surface area contributed by atoms with Gasteiger partial charge in [0.1, 0.15) is 54.1 Å². The van der Waals surface area contributed by atoms with E-state index in [0.717, 1.165) is 16.7 Å². The minimum absolute atomic E-state index is 0.0333. The Morgan fingerprint density at radius 3 is 2.51 bits per heavy atom. The number of nitrogens with zero attached hydrogens (tertiary/aromatic N) is 3. The number of furan rings is 2. The summed E-state index contributed by atoms with van der Waals surface area (Å²) in [6.07, 6.45) is -3.51. The smallest absolute Gasteiger partial charge is 0.405 e. The number of nitrogens with one attached hydrogen (secondary N) is 2. The molecule has 7 rings (SSSR count). The first-order valence-corrected chi connectivity index (χ1v) is 19.7. The fourth-order valence-corrected chi connectivity index (χ4v) is 7.72. The van der Waals surface area contributed by atoms with Crippen molar-refractivity contribution in [2.24, 2.45) is 5.92 Å². The van der Waals surface area contributed by atoms with E-state index < -0.39 is 54.7 Å². The van der Waals surface area contributed by atoms with E-state index in [1.54, 1.807) is 65.8 Å². The van der Waals surface area contributed by atoms with Gasteiger partial charge in [0.2, 0.25) is 11.8 Å². The van der Waals surface area contributed by atoms with Gasteiger partial charge in [-0.05, 0) is 79.6 Å². The lowest BCUT2D eigenvalue weighted by Gasteiger charge is -2.41. The Labute approximate surface area is 343 Å². The molecule has 4 N–H and O–H groups in total. The van der Waals surface area contributed by atoms with E-state index in [9.17, 15) is 33.0 Å². The number of fused-ring (bicyclic) bond motifs is 1. The van der Waals surface area contributed by atoms with Gasteiger partial charge in [-0.3, -0.25) is 24.4 Å². The molecule has 2 aromatic carbocycles. The lowest BCUT2D eigenvalue weighted by atomic mass is 9.92. The predicted octanol–water partition coefficient (Wildman–Crippen LogP) is 5.95. The molecule has 3 aromatic heterocycles. The number of alkyl halides is 3. The second kappa shape index (κ2) is 18.4. The van der Waals surface area contributed by atoms with Gasteiger partial charge in [-0.15, -0.1) is 0 Å². The van der Waals surface area contributed by atoms with Crippen molar-refractivity contribution in [2.75, 3.05) is 39.3 Å². The Morgan fingerprint density at radius 1 is 0.983 bits per heavy atom. The van der Waals surface area contributed by atoms with Crippen LogP contribution in [-0.4, -0.2) is 101 Å². The van der Waals surface area contributed by atoms with Gasteiger partial charge in [0.15, 0.2) is 0 Å². The van der Waals surface area contributed by atoms with Crippen molar-refractivity contribution in [3.8, 4) is 28.4 Å². The van der Waals surface area contributed by atoms with Crippen LogP contribution in [0.2, 0.25) is 5.02 Å². The predicted molar refractivity (Wildman–Crippen MR) is 212 cm³/mol. The molecule has 0 bridgehead atoms. The molecule has 2 aliphatic heterocycles. The lowest BCUT2D eigenvalue weighted by Crippen LogP contribution is -2.60. The molecule has 0 spiro atoms. The molecule has 312 valence electrons. The van der Waals surface area contributed by atoms with E-state index in [4.69, 9.17) is 25.2 Å². The molecule has 1 fully saturated rings. The molecule has 59 heavy (non-hydrogen) atoms. The Hall–Kier alpha value is -5.19. The number of benzene rings is 2. The van der Waals surface area contributed by atoms with E-state index in [0.29, 0.717) is 52.5 Å². The fourth-order valence-electron chi connectivity index (χ4n) is 7.59. The minimum Gasteiger partial charge on any atom is -0.490 e. The number of carbonyl (C=O) groups excluding carboxylic acids is 2. The van der Waals surface area contributed by atoms with Crippen LogP contribution in [0.1, 0.15) is 35.1 Å². The first-order valence-electron chi connectivity index (χ1n) is 19.3. The van der Waals surface area contributed by atoms with E-state index in [2.05, 4.69) is 10.3 Å². The number of pyridine rings is 1. The van der Waals surface area contributed by atoms with E-state index in [1.807, 2.05) is 47.5 Å². The molecular weight excluding hydrogens is 791 g/mol. The number of halogens is 4. The van der Waals surface area contributed by atoms with Crippen LogP contribution in [0.25, 0.3) is 22.6 Å². The van der Waals surface area contributed by atoms with Gasteiger partial charge in [0.25, 0.3) is 0 Å². The topological polar surface area (TPSA) is 154 Å². The molecule has 0 saturated carbocycles. The average Bonchev–Trinajstić information content (AvgIpc) is 3.88. The van der Waals surface area contributed by atoms with Gasteiger partial charge < -0.3 is 34.4 Å². The Balaban J connectivity index is 1.07. The number of β-amino-alcohol motifs (C(OH)–C–C–N with tert-alkyl or cyclic N) is 1. The average molecular weight is 836 g/mol. The van der Waals surface area contributed by atoms with Crippen molar-refractivity contribution in [3.63, 3.8) is 0 Å². The molecule has 1 saturated heterocycles. The maximum absolute atomic E-state index is 14.2. The number of carbonyl (C=O) groups is 2. The van der Waals surface area contributed by atoms with E-state index >= 15 is 0 Å². The highest BCUT2D eigenvalue weighted by atomic mass is 35.5. The summed E-state index contributed by atoms with van der Waals surface area (Å²) < 4.78 is 57.6. The Bertz CT molecular complexity index is 2210. The molecule has 16 heteroatoms. The SMILES string of the molecule is Cc1ccncc1-c1ccc(C[C@@H](C[C@H](O)CN2CCN(Cc3ccc(-c4ccc(Cl)cc4)o3)C[C@H]2C(=O)NCC(F)(F)F)C(=O)N[C@H]2c3ccccc3OC[C@H]2O)o1. The molecule has 2 amide bonds. The van der Waals surface area contributed by atoms with Gasteiger partial charge in [0, 0.05) is 72.6 Å². The zero-order valence-electron chi connectivity index (χ0n) is 32.2. The van der Waals surface area contributed by atoms with Gasteiger partial charge in [0.05, 0.1) is 18.7 Å². The summed E-state index contributed by atoms with van der Waals surface area (Å²) in [6.45, 7) is 1.28. The Morgan fingerprint density at radius 2 is 1.73 bits per heavy atom. The van der Waals surface area contributed by atoms with E-state index in [1.165, 1.54) is 0 Å². The summed E-state index contributed by atoms with van der Waals surface area (Å²) in [6, 6.07) is 21.4. The van der Waals surface area contributed by atoms with Crippen LogP contribution in [0, 0.1) is 12.8 Å². The van der Waals surface area contributed by atoms with E-state index in [-0.39, 0.29) is 39.1 Å². The Kier molecular flexibility index (Phi) is 13.1. The number of amides is 2. The van der Waals surface area contributed by atoms with Crippen LogP contribution >= 0.6 is 11.6 Å². The molecule has 0 radical (unpaired) electrons. The summed E-state index contributed by atoms with van der Waals surface area (Å²) in [7, 11) is 0. The zero-order valence-corrected chi connectivity index (χ0v) is 33.0. The number of hydrogen-bond donors (Lipinski definition) is 4. The summed E-state index contributed by atoms with van der Waals surface area (Å²) in [5.74, 6) is 0.601. The summed E-state index contributed by atoms with van der Waals surface area (Å²) in [5.41, 5.74) is 3.15. The number of ether oxygens (including phenoxy) is 1. The van der Waals surface area contributed by atoms with Crippen LogP contribution in [0.3, 0.4) is 0 Å². The van der Waals surface area contributed by atoms with Gasteiger partial charge in [-0.25, -0.2) is 0 Å². The molecule has 5 aromatic rings. The molecule has 0 unspecified atom stereocenters. The number of aliphatic hydroxyl groups excluding tert-OH is 2. The number of aryl methyl sites for hydroxylation is 1. The van der Waals surface area contributed by atoms with Crippen molar-refractivity contribution >= 4 is 23.4 Å². The van der Waals surface area contributed by atoms with Crippen LogP contribution < -0.4 is 15.4 Å². The summed E-state index contributed by atoms with van der Waals surface area (Å²) in [4.78, 5) is 35.3. The maximum atomic E-state index is 14.2. The largest absolute Gasteiger partial charge is 0.490 e. The van der Waals surface area contributed by atoms with Crippen LogP contribution in [0.5, 0.6) is 5.75 Å². The summed E-state index contributed by atoms with van der Waals surface area (Å²) >= 11 is 6.03. The van der Waals surface area contributed by atoms with Gasteiger partial charge in [-0.2, -0.15) is 13.2 Å². The number of piperazine rings is 1. The number of hydrogen-bond acceptors (Lipinski definition) is 10. The fraction of sp³-hybridized carbons (Fsp3) is 0.372. The number of rotatable bonds is 14. The third-order valence-electron chi connectivity index (χ3n) is 10.6. The highest BCUT2D eigenvalue weighted by Crippen LogP contribution is 2.33. The second-order valence-electron chi connectivity index (χ2n) is 15.0. The van der Waals surface area contributed by atoms with Crippen molar-refractivity contribution < 1.29 is 46.5 Å². The quantitative estimate of drug-likeness (QED) is 0.106. The lowest BCUT2D eigenvalue weighted by molar-refractivity contribution is -0.143. The number of para-hydroxylation sites is 1. The van der Waals surface area contributed by atoms with Crippen molar-refractivity contribution in [2.45, 2.75) is 56.8 Å². The molecule has 5 atom stereocenters. The van der Waals surface area contributed by atoms with Crippen molar-refractivity contribution in [1.29, 1.82) is 0 Å². The molecular formula is C43H45ClF3N5O7. The highest BCUT2D eigenvalue weighted by Gasteiger charge is 2.38. The number of aromatic nitrogens is 1.